The summed E-state index contributed by atoms with van der Waals surface area (Å²) in [6.07, 6.45) is 7.79. The first-order valence-corrected chi connectivity index (χ1v) is 12.9. The van der Waals surface area contributed by atoms with Crippen LogP contribution in [-0.2, 0) is 30.7 Å². The average molecular weight is 553 g/mol. The predicted octanol–water partition coefficient (Wildman–Crippen LogP) is 5.57. The van der Waals surface area contributed by atoms with Crippen LogP contribution < -0.4 is 5.32 Å². The van der Waals surface area contributed by atoms with Crippen LogP contribution in [0.2, 0.25) is 0 Å². The SMILES string of the molecule is O=C(Cc1ccc(I)cc1)Nc1nc2c(nc1C1CCCCC1)-c1ccc(CO)cc1CC2. The van der Waals surface area contributed by atoms with E-state index in [1.807, 2.05) is 30.3 Å². The van der Waals surface area contributed by atoms with Gasteiger partial charge in [0.1, 0.15) is 0 Å². The van der Waals surface area contributed by atoms with E-state index in [-0.39, 0.29) is 12.5 Å². The molecule has 2 aliphatic rings. The molecule has 0 atom stereocenters. The van der Waals surface area contributed by atoms with Crippen LogP contribution in [0.3, 0.4) is 0 Å². The van der Waals surface area contributed by atoms with Crippen molar-refractivity contribution in [3.05, 3.63) is 74.1 Å². The summed E-state index contributed by atoms with van der Waals surface area (Å²) >= 11 is 2.27. The minimum absolute atomic E-state index is 0.0463. The van der Waals surface area contributed by atoms with Crippen LogP contribution in [0.25, 0.3) is 11.3 Å². The van der Waals surface area contributed by atoms with Crippen LogP contribution in [0.5, 0.6) is 0 Å². The Morgan fingerprint density at radius 1 is 1.00 bits per heavy atom. The molecule has 170 valence electrons. The summed E-state index contributed by atoms with van der Waals surface area (Å²) in [5.41, 5.74) is 7.07. The number of benzene rings is 2. The maximum absolute atomic E-state index is 12.9. The summed E-state index contributed by atoms with van der Waals surface area (Å²) in [5.74, 6) is 0.921. The largest absolute Gasteiger partial charge is 0.392 e. The maximum atomic E-state index is 12.9. The normalized spacial score (nSPS) is 15.6. The molecule has 1 saturated carbocycles. The summed E-state index contributed by atoms with van der Waals surface area (Å²) in [4.78, 5) is 23.1. The number of hydrogen-bond donors (Lipinski definition) is 2. The van der Waals surface area contributed by atoms with Gasteiger partial charge in [0.25, 0.3) is 0 Å². The molecule has 0 aliphatic heterocycles. The zero-order valence-electron chi connectivity index (χ0n) is 18.6. The van der Waals surface area contributed by atoms with Gasteiger partial charge in [-0.1, -0.05) is 49.6 Å². The zero-order valence-corrected chi connectivity index (χ0v) is 20.8. The Labute approximate surface area is 208 Å². The lowest BCUT2D eigenvalue weighted by Crippen LogP contribution is -2.21. The highest BCUT2D eigenvalue weighted by atomic mass is 127. The zero-order chi connectivity index (χ0) is 22.8. The van der Waals surface area contributed by atoms with Gasteiger partial charge in [-0.25, -0.2) is 9.97 Å². The number of nitrogens with one attached hydrogen (secondary N) is 1. The summed E-state index contributed by atoms with van der Waals surface area (Å²) in [6, 6.07) is 14.2. The van der Waals surface area contributed by atoms with Crippen molar-refractivity contribution in [2.24, 2.45) is 0 Å². The Morgan fingerprint density at radius 3 is 2.52 bits per heavy atom. The molecule has 5 nitrogen and oxygen atoms in total. The number of amides is 1. The first kappa shape index (κ1) is 22.5. The molecule has 5 rings (SSSR count). The van der Waals surface area contributed by atoms with Crippen LogP contribution in [-0.4, -0.2) is 21.0 Å². The lowest BCUT2D eigenvalue weighted by Gasteiger charge is -2.26. The fourth-order valence-corrected chi connectivity index (χ4v) is 5.39. The van der Waals surface area contributed by atoms with E-state index >= 15 is 0 Å². The number of carbonyl (C=O) groups is 1. The highest BCUT2D eigenvalue weighted by molar-refractivity contribution is 14.1. The fraction of sp³-hybridized carbons (Fsp3) is 0.370. The van der Waals surface area contributed by atoms with Crippen molar-refractivity contribution in [2.45, 2.75) is 63.9 Å². The van der Waals surface area contributed by atoms with Crippen LogP contribution in [0.1, 0.15) is 66.1 Å². The van der Waals surface area contributed by atoms with Gasteiger partial charge in [0.2, 0.25) is 5.91 Å². The molecule has 2 aliphatic carbocycles. The molecule has 1 heterocycles. The van der Waals surface area contributed by atoms with Crippen molar-refractivity contribution in [2.75, 3.05) is 5.32 Å². The second kappa shape index (κ2) is 9.89. The number of aryl methyl sites for hydroxylation is 2. The van der Waals surface area contributed by atoms with Crippen molar-refractivity contribution < 1.29 is 9.90 Å². The Bertz CT molecular complexity index is 1170. The van der Waals surface area contributed by atoms with Crippen molar-refractivity contribution in [1.82, 2.24) is 9.97 Å². The summed E-state index contributed by atoms with van der Waals surface area (Å²) in [6.45, 7) is 0.0463. The number of halogens is 1. The fourth-order valence-electron chi connectivity index (χ4n) is 5.03. The number of nitrogens with zero attached hydrogens (tertiary/aromatic N) is 2. The molecule has 33 heavy (non-hydrogen) atoms. The van der Waals surface area contributed by atoms with Gasteiger partial charge in [0.05, 0.1) is 30.1 Å². The number of rotatable bonds is 5. The topological polar surface area (TPSA) is 75.1 Å². The van der Waals surface area contributed by atoms with E-state index in [9.17, 15) is 9.90 Å². The third-order valence-corrected chi connectivity index (χ3v) is 7.48. The monoisotopic (exact) mass is 553 g/mol. The van der Waals surface area contributed by atoms with Crippen molar-refractivity contribution in [3.63, 3.8) is 0 Å². The maximum Gasteiger partial charge on any atom is 0.229 e. The molecule has 0 spiro atoms. The highest BCUT2D eigenvalue weighted by Gasteiger charge is 2.27. The van der Waals surface area contributed by atoms with Gasteiger partial charge in [-0.3, -0.25) is 4.79 Å². The molecule has 1 fully saturated rings. The van der Waals surface area contributed by atoms with E-state index in [0.717, 1.165) is 63.0 Å². The van der Waals surface area contributed by atoms with E-state index in [1.165, 1.54) is 24.8 Å². The number of aliphatic hydroxyl groups is 1. The molecular formula is C27H28IN3O2. The second-order valence-electron chi connectivity index (χ2n) is 9.09. The Kier molecular flexibility index (Phi) is 6.74. The minimum atomic E-state index is -0.0497. The van der Waals surface area contributed by atoms with Gasteiger partial charge in [-0.05, 0) is 77.1 Å². The molecule has 2 N–H and O–H groups in total. The summed E-state index contributed by atoms with van der Waals surface area (Å²) < 4.78 is 1.16. The molecule has 0 saturated heterocycles. The van der Waals surface area contributed by atoms with Crippen LogP contribution in [0, 0.1) is 3.57 Å². The highest BCUT2D eigenvalue weighted by Crippen LogP contribution is 2.39. The predicted molar refractivity (Wildman–Crippen MR) is 138 cm³/mol. The Hall–Kier alpha value is -2.32. The molecule has 0 unspecified atom stereocenters. The molecule has 3 aromatic rings. The molecule has 0 radical (unpaired) electrons. The summed E-state index contributed by atoms with van der Waals surface area (Å²) in [5, 5.41) is 12.6. The van der Waals surface area contributed by atoms with Crippen LogP contribution in [0.15, 0.2) is 42.5 Å². The number of aliphatic hydroxyl groups excluding tert-OH is 1. The molecule has 0 bridgehead atoms. The van der Waals surface area contributed by atoms with Gasteiger partial charge in [-0.15, -0.1) is 0 Å². The van der Waals surface area contributed by atoms with E-state index in [4.69, 9.17) is 9.97 Å². The number of aromatic nitrogens is 2. The second-order valence-corrected chi connectivity index (χ2v) is 10.3. The van der Waals surface area contributed by atoms with Crippen molar-refractivity contribution >= 4 is 34.3 Å². The van der Waals surface area contributed by atoms with E-state index in [1.54, 1.807) is 0 Å². The van der Waals surface area contributed by atoms with Gasteiger partial charge in [0, 0.05) is 15.1 Å². The number of carbonyl (C=O) groups excluding carboxylic acids is 1. The van der Waals surface area contributed by atoms with Crippen LogP contribution >= 0.6 is 22.6 Å². The molecule has 1 aromatic heterocycles. The molecule has 1 amide bonds. The lowest BCUT2D eigenvalue weighted by atomic mass is 9.85. The molecule has 2 aromatic carbocycles. The third-order valence-electron chi connectivity index (χ3n) is 6.76. The van der Waals surface area contributed by atoms with E-state index in [0.29, 0.717) is 18.2 Å². The molecular weight excluding hydrogens is 525 g/mol. The Morgan fingerprint density at radius 2 is 1.76 bits per heavy atom. The van der Waals surface area contributed by atoms with Gasteiger partial charge >= 0.3 is 0 Å². The number of anilines is 1. The standard InChI is InChI=1S/C27H28IN3O2/c28-21-10-6-17(7-11-21)15-24(33)30-27-25(19-4-2-1-3-5-19)31-26-22-12-8-18(16-32)14-20(22)9-13-23(26)29-27/h6-8,10-12,14,19,32H,1-5,9,13,15-16H2,(H,29,30,33). The lowest BCUT2D eigenvalue weighted by molar-refractivity contribution is -0.115. The van der Waals surface area contributed by atoms with E-state index < -0.39 is 0 Å². The van der Waals surface area contributed by atoms with Crippen molar-refractivity contribution in [1.29, 1.82) is 0 Å². The van der Waals surface area contributed by atoms with Gasteiger partial charge in [0.15, 0.2) is 5.82 Å². The first-order valence-electron chi connectivity index (χ1n) is 11.8. The van der Waals surface area contributed by atoms with Gasteiger partial charge in [-0.2, -0.15) is 0 Å². The molecule has 6 heteroatoms. The van der Waals surface area contributed by atoms with E-state index in [2.05, 4.69) is 40.0 Å². The quantitative estimate of drug-likeness (QED) is 0.406. The smallest absolute Gasteiger partial charge is 0.229 e. The Balaban J connectivity index is 1.49. The number of fused-ring (bicyclic) bond motifs is 3. The average Bonchev–Trinajstić information content (AvgIpc) is 2.85. The first-order chi connectivity index (χ1) is 16.1. The third kappa shape index (κ3) is 4.96. The minimum Gasteiger partial charge on any atom is -0.392 e. The number of hydrogen-bond acceptors (Lipinski definition) is 4. The van der Waals surface area contributed by atoms with Gasteiger partial charge < -0.3 is 10.4 Å². The summed E-state index contributed by atoms with van der Waals surface area (Å²) in [7, 11) is 0. The van der Waals surface area contributed by atoms with Crippen molar-refractivity contribution in [3.8, 4) is 11.3 Å². The van der Waals surface area contributed by atoms with Crippen LogP contribution in [0.4, 0.5) is 5.82 Å².